The van der Waals surface area contributed by atoms with Gasteiger partial charge in [-0.15, -0.1) is 11.3 Å². The average molecular weight is 440 g/mol. The summed E-state index contributed by atoms with van der Waals surface area (Å²) in [7, 11) is -3.95. The van der Waals surface area contributed by atoms with Crippen LogP contribution in [0.25, 0.3) is 0 Å². The third-order valence-corrected chi connectivity index (χ3v) is 7.70. The van der Waals surface area contributed by atoms with Gasteiger partial charge in [-0.25, -0.2) is 8.42 Å². The Morgan fingerprint density at radius 2 is 1.80 bits per heavy atom. The third-order valence-electron chi connectivity index (χ3n) is 5.31. The van der Waals surface area contributed by atoms with E-state index in [0.29, 0.717) is 5.69 Å². The summed E-state index contributed by atoms with van der Waals surface area (Å²) in [5.41, 5.74) is 2.78. The highest BCUT2D eigenvalue weighted by Crippen LogP contribution is 2.33. The van der Waals surface area contributed by atoms with Gasteiger partial charge in [0.25, 0.3) is 21.8 Å². The summed E-state index contributed by atoms with van der Waals surface area (Å²) in [5.74, 6) is -1.11. The second kappa shape index (κ2) is 6.96. The smallest absolute Gasteiger partial charge is 0.261 e. The fraction of sp³-hybridized carbons (Fsp3) is 0.143. The minimum absolute atomic E-state index is 0.0668. The molecule has 5 rings (SSSR count). The van der Waals surface area contributed by atoms with Gasteiger partial charge in [0.2, 0.25) is 0 Å². The van der Waals surface area contributed by atoms with Gasteiger partial charge in [-0.2, -0.15) is 0 Å². The minimum Gasteiger partial charge on any atom is -0.365 e. The molecule has 3 heterocycles. The number of anilines is 2. The monoisotopic (exact) mass is 439 g/mol. The Morgan fingerprint density at radius 1 is 1.00 bits per heavy atom. The largest absolute Gasteiger partial charge is 0.365 e. The van der Waals surface area contributed by atoms with E-state index in [4.69, 9.17) is 0 Å². The maximum atomic E-state index is 13.0. The van der Waals surface area contributed by atoms with Crippen LogP contribution in [0, 0.1) is 0 Å². The van der Waals surface area contributed by atoms with Gasteiger partial charge in [0.15, 0.2) is 0 Å². The number of imide groups is 1. The van der Waals surface area contributed by atoms with Gasteiger partial charge >= 0.3 is 0 Å². The SMILES string of the molecule is O=C1NC(=O)c2cc(S(=O)(=O)Nc3ccccc3N3CCc4sccc4C3)ccc21. The number of hydrogen-bond donors (Lipinski definition) is 2. The highest BCUT2D eigenvalue weighted by molar-refractivity contribution is 7.92. The Kier molecular flexibility index (Phi) is 4.37. The van der Waals surface area contributed by atoms with Gasteiger partial charge in [-0.05, 0) is 53.8 Å². The molecular formula is C21H17N3O4S2. The maximum absolute atomic E-state index is 13.0. The molecule has 0 saturated heterocycles. The standard InChI is InChI=1S/C21H17N3O4S2/c25-20-15-6-5-14(11-16(15)21(26)22-20)30(27,28)23-17-3-1-2-4-18(17)24-9-7-19-13(12-24)8-10-29-19/h1-6,8,10-11,23H,7,9,12H2,(H,22,25,26). The summed E-state index contributed by atoms with van der Waals surface area (Å²) >= 11 is 1.75. The van der Waals surface area contributed by atoms with Gasteiger partial charge in [0.05, 0.1) is 27.4 Å². The zero-order valence-electron chi connectivity index (χ0n) is 15.7. The van der Waals surface area contributed by atoms with Crippen LogP contribution >= 0.6 is 11.3 Å². The number of nitrogens with one attached hydrogen (secondary N) is 2. The molecule has 9 heteroatoms. The lowest BCUT2D eigenvalue weighted by molar-refractivity contribution is 0.0879. The van der Waals surface area contributed by atoms with Crippen LogP contribution in [0.4, 0.5) is 11.4 Å². The number of carbonyl (C=O) groups excluding carboxylic acids is 2. The number of rotatable bonds is 4. The van der Waals surface area contributed by atoms with E-state index in [1.54, 1.807) is 23.5 Å². The quantitative estimate of drug-likeness (QED) is 0.610. The summed E-state index contributed by atoms with van der Waals surface area (Å²) in [6.07, 6.45) is 0.919. The molecule has 2 N–H and O–H groups in total. The number of thiophene rings is 1. The lowest BCUT2D eigenvalue weighted by Gasteiger charge is -2.30. The van der Waals surface area contributed by atoms with Gasteiger partial charge in [-0.3, -0.25) is 19.6 Å². The molecule has 30 heavy (non-hydrogen) atoms. The van der Waals surface area contributed by atoms with Crippen molar-refractivity contribution in [2.45, 2.75) is 17.9 Å². The molecule has 1 aromatic heterocycles. The predicted molar refractivity (Wildman–Crippen MR) is 115 cm³/mol. The van der Waals surface area contributed by atoms with Crippen molar-refractivity contribution < 1.29 is 18.0 Å². The third kappa shape index (κ3) is 3.16. The predicted octanol–water partition coefficient (Wildman–Crippen LogP) is 3.00. The molecule has 0 fully saturated rings. The van der Waals surface area contributed by atoms with Crippen LogP contribution in [0.2, 0.25) is 0 Å². The van der Waals surface area contributed by atoms with Crippen LogP contribution in [0.5, 0.6) is 0 Å². The van der Waals surface area contributed by atoms with Crippen LogP contribution in [-0.2, 0) is 23.0 Å². The van der Waals surface area contributed by atoms with Crippen molar-refractivity contribution in [2.75, 3.05) is 16.2 Å². The van der Waals surface area contributed by atoms with Crippen molar-refractivity contribution in [1.29, 1.82) is 0 Å². The summed E-state index contributed by atoms with van der Waals surface area (Å²) in [6, 6.07) is 13.3. The van der Waals surface area contributed by atoms with E-state index in [1.807, 2.05) is 12.1 Å². The molecule has 3 aromatic rings. The van der Waals surface area contributed by atoms with Crippen molar-refractivity contribution in [3.05, 3.63) is 75.5 Å². The Morgan fingerprint density at radius 3 is 2.67 bits per heavy atom. The van der Waals surface area contributed by atoms with E-state index in [2.05, 4.69) is 26.4 Å². The summed E-state index contributed by atoms with van der Waals surface area (Å²) in [5, 5.41) is 4.25. The molecule has 2 aromatic carbocycles. The number of benzene rings is 2. The van der Waals surface area contributed by atoms with Crippen molar-refractivity contribution in [3.8, 4) is 0 Å². The van der Waals surface area contributed by atoms with E-state index in [-0.39, 0.29) is 16.0 Å². The van der Waals surface area contributed by atoms with E-state index in [0.717, 1.165) is 25.2 Å². The fourth-order valence-corrected chi connectivity index (χ4v) is 5.80. The molecule has 0 atom stereocenters. The Hall–Kier alpha value is -3.17. The lowest BCUT2D eigenvalue weighted by Crippen LogP contribution is -2.30. The molecule has 0 unspecified atom stereocenters. The highest BCUT2D eigenvalue weighted by atomic mass is 32.2. The summed E-state index contributed by atoms with van der Waals surface area (Å²) in [4.78, 5) is 27.1. The Bertz CT molecular complexity index is 1300. The molecule has 0 radical (unpaired) electrons. The van der Waals surface area contributed by atoms with E-state index >= 15 is 0 Å². The summed E-state index contributed by atoms with van der Waals surface area (Å²) in [6.45, 7) is 1.52. The first-order valence-corrected chi connectivity index (χ1v) is 11.7. The first-order valence-electron chi connectivity index (χ1n) is 9.34. The normalized spacial score (nSPS) is 15.5. The second-order valence-corrected chi connectivity index (χ2v) is 9.84. The molecule has 152 valence electrons. The van der Waals surface area contributed by atoms with Crippen LogP contribution < -0.4 is 14.9 Å². The van der Waals surface area contributed by atoms with Crippen LogP contribution in [-0.4, -0.2) is 26.8 Å². The molecule has 0 spiro atoms. The zero-order chi connectivity index (χ0) is 20.9. The molecule has 2 aliphatic heterocycles. The molecule has 0 bridgehead atoms. The topological polar surface area (TPSA) is 95.6 Å². The van der Waals surface area contributed by atoms with Crippen molar-refractivity contribution in [1.82, 2.24) is 5.32 Å². The molecule has 2 amide bonds. The van der Waals surface area contributed by atoms with Gasteiger partial charge in [-0.1, -0.05) is 12.1 Å². The fourth-order valence-electron chi connectivity index (χ4n) is 3.81. The van der Waals surface area contributed by atoms with Crippen LogP contribution in [0.3, 0.4) is 0 Å². The summed E-state index contributed by atoms with van der Waals surface area (Å²) < 4.78 is 28.7. The van der Waals surface area contributed by atoms with Gasteiger partial charge in [0, 0.05) is 18.0 Å². The van der Waals surface area contributed by atoms with Crippen LogP contribution in [0.15, 0.2) is 58.8 Å². The zero-order valence-corrected chi connectivity index (χ0v) is 17.3. The number of fused-ring (bicyclic) bond motifs is 2. The number of carbonyl (C=O) groups is 2. The molecule has 0 saturated carbocycles. The van der Waals surface area contributed by atoms with E-state index in [1.165, 1.54) is 28.6 Å². The van der Waals surface area contributed by atoms with Gasteiger partial charge in [0.1, 0.15) is 0 Å². The molecule has 7 nitrogen and oxygen atoms in total. The molecular weight excluding hydrogens is 422 g/mol. The van der Waals surface area contributed by atoms with Crippen LogP contribution in [0.1, 0.15) is 31.2 Å². The minimum atomic E-state index is -3.95. The van der Waals surface area contributed by atoms with Gasteiger partial charge < -0.3 is 4.90 Å². The molecule has 0 aliphatic carbocycles. The maximum Gasteiger partial charge on any atom is 0.261 e. The Balaban J connectivity index is 1.46. The number of amides is 2. The number of para-hydroxylation sites is 2. The lowest BCUT2D eigenvalue weighted by atomic mass is 10.1. The van der Waals surface area contributed by atoms with E-state index < -0.39 is 21.8 Å². The first-order chi connectivity index (χ1) is 14.4. The van der Waals surface area contributed by atoms with Crippen molar-refractivity contribution >= 4 is 44.5 Å². The number of hydrogen-bond acceptors (Lipinski definition) is 6. The highest BCUT2D eigenvalue weighted by Gasteiger charge is 2.29. The molecule has 2 aliphatic rings. The van der Waals surface area contributed by atoms with E-state index in [9.17, 15) is 18.0 Å². The number of nitrogens with zero attached hydrogens (tertiary/aromatic N) is 1. The average Bonchev–Trinajstić information content (AvgIpc) is 3.31. The van der Waals surface area contributed by atoms with Crippen molar-refractivity contribution in [2.24, 2.45) is 0 Å². The second-order valence-electron chi connectivity index (χ2n) is 7.15. The van der Waals surface area contributed by atoms with Crippen molar-refractivity contribution in [3.63, 3.8) is 0 Å². The number of sulfonamides is 1. The first kappa shape index (κ1) is 18.8. The Labute approximate surface area is 177 Å².